The molecule has 148 valence electrons. The molecule has 0 saturated carbocycles. The van der Waals surface area contributed by atoms with E-state index in [0.717, 1.165) is 37.2 Å². The minimum absolute atomic E-state index is 0.143. The van der Waals surface area contributed by atoms with Crippen LogP contribution in [-0.2, 0) is 6.54 Å². The third-order valence-electron chi connectivity index (χ3n) is 5.00. The number of halogens is 1. The van der Waals surface area contributed by atoms with Crippen LogP contribution < -0.4 is 10.9 Å². The predicted octanol–water partition coefficient (Wildman–Crippen LogP) is 2.62. The number of rotatable bonds is 4. The molecule has 29 heavy (non-hydrogen) atoms. The van der Waals surface area contributed by atoms with Crippen LogP contribution in [0.2, 0.25) is 5.02 Å². The second kappa shape index (κ2) is 8.14. The van der Waals surface area contributed by atoms with E-state index in [1.54, 1.807) is 25.4 Å². The number of H-pyrrole nitrogens is 1. The maximum atomic E-state index is 11.7. The summed E-state index contributed by atoms with van der Waals surface area (Å²) in [5.41, 5.74) is 4.77. The van der Waals surface area contributed by atoms with Crippen LogP contribution in [0.3, 0.4) is 0 Å². The number of aromatic nitrogens is 3. The number of hydrogen-bond donors (Lipinski definition) is 2. The zero-order valence-corrected chi connectivity index (χ0v) is 16.7. The van der Waals surface area contributed by atoms with Gasteiger partial charge in [-0.1, -0.05) is 23.7 Å². The molecule has 0 aliphatic carbocycles. The van der Waals surface area contributed by atoms with E-state index in [9.17, 15) is 9.59 Å². The van der Waals surface area contributed by atoms with Gasteiger partial charge in [0.2, 0.25) is 0 Å². The van der Waals surface area contributed by atoms with Gasteiger partial charge < -0.3 is 10.3 Å². The first-order chi connectivity index (χ1) is 14.0. The molecule has 0 radical (unpaired) electrons. The standard InChI is InChI=1S/C21H20ClN5O2/c1-23-21(29)17-3-2-15(11-25-17)14-4-6-27(7-5-14)12-13-8-19-18(24-10-13)9-16(22)20(28)26-19/h2-4,8-11H,5-7,12H2,1H3,(H,23,29)(H,26,28). The number of fused-ring (bicyclic) bond motifs is 1. The lowest BCUT2D eigenvalue weighted by Crippen LogP contribution is -2.28. The fraction of sp³-hybridized carbons (Fsp3) is 0.238. The van der Waals surface area contributed by atoms with Gasteiger partial charge in [0.25, 0.3) is 11.5 Å². The van der Waals surface area contributed by atoms with Gasteiger partial charge >= 0.3 is 0 Å². The number of carbonyl (C=O) groups excluding carboxylic acids is 1. The van der Waals surface area contributed by atoms with E-state index in [0.29, 0.717) is 16.7 Å². The molecule has 8 heteroatoms. The maximum absolute atomic E-state index is 11.7. The van der Waals surface area contributed by atoms with Crippen molar-refractivity contribution >= 4 is 34.1 Å². The lowest BCUT2D eigenvalue weighted by Gasteiger charge is -2.26. The largest absolute Gasteiger partial charge is 0.354 e. The molecule has 0 bridgehead atoms. The van der Waals surface area contributed by atoms with Crippen molar-refractivity contribution in [2.75, 3.05) is 20.1 Å². The van der Waals surface area contributed by atoms with Crippen LogP contribution in [0.15, 0.2) is 47.5 Å². The number of nitrogens with zero attached hydrogens (tertiary/aromatic N) is 3. The van der Waals surface area contributed by atoms with Crippen LogP contribution >= 0.6 is 11.6 Å². The second-order valence-electron chi connectivity index (χ2n) is 6.95. The van der Waals surface area contributed by atoms with Gasteiger partial charge in [-0.3, -0.25) is 24.5 Å². The van der Waals surface area contributed by atoms with Gasteiger partial charge in [0.05, 0.1) is 11.0 Å². The molecule has 0 spiro atoms. The summed E-state index contributed by atoms with van der Waals surface area (Å²) in [5, 5.41) is 2.71. The number of nitrogens with one attached hydrogen (secondary N) is 2. The Balaban J connectivity index is 1.44. The zero-order chi connectivity index (χ0) is 20.4. The van der Waals surface area contributed by atoms with E-state index in [4.69, 9.17) is 11.6 Å². The molecular formula is C21H20ClN5O2. The Bertz CT molecular complexity index is 1150. The predicted molar refractivity (Wildman–Crippen MR) is 113 cm³/mol. The SMILES string of the molecule is CNC(=O)c1ccc(C2=CCN(Cc3cnc4cc(Cl)c(=O)[nH]c4c3)CC2)cn1. The Hall–Kier alpha value is -3.03. The second-order valence-corrected chi connectivity index (χ2v) is 7.36. The van der Waals surface area contributed by atoms with Gasteiger partial charge in [-0.2, -0.15) is 0 Å². The third-order valence-corrected chi connectivity index (χ3v) is 5.28. The lowest BCUT2D eigenvalue weighted by molar-refractivity contribution is 0.0958. The summed E-state index contributed by atoms with van der Waals surface area (Å²) in [4.78, 5) is 37.0. The number of amides is 1. The highest BCUT2D eigenvalue weighted by atomic mass is 35.5. The Morgan fingerprint density at radius 2 is 2.14 bits per heavy atom. The van der Waals surface area contributed by atoms with Gasteiger partial charge in [0.1, 0.15) is 10.7 Å². The van der Waals surface area contributed by atoms with Crippen molar-refractivity contribution in [3.8, 4) is 0 Å². The molecule has 4 heterocycles. The molecular weight excluding hydrogens is 390 g/mol. The van der Waals surface area contributed by atoms with Crippen LogP contribution in [0, 0.1) is 0 Å². The van der Waals surface area contributed by atoms with Crippen molar-refractivity contribution < 1.29 is 4.79 Å². The highest BCUT2D eigenvalue weighted by Crippen LogP contribution is 2.23. The molecule has 0 atom stereocenters. The van der Waals surface area contributed by atoms with Crippen molar-refractivity contribution in [2.24, 2.45) is 0 Å². The highest BCUT2D eigenvalue weighted by molar-refractivity contribution is 6.30. The fourth-order valence-corrected chi connectivity index (χ4v) is 3.56. The molecule has 1 aliphatic rings. The van der Waals surface area contributed by atoms with E-state index in [1.165, 1.54) is 5.57 Å². The Labute approximate surface area is 172 Å². The quantitative estimate of drug-likeness (QED) is 0.691. The van der Waals surface area contributed by atoms with Crippen molar-refractivity contribution in [3.63, 3.8) is 0 Å². The van der Waals surface area contributed by atoms with Crippen molar-refractivity contribution in [1.82, 2.24) is 25.2 Å². The van der Waals surface area contributed by atoms with E-state index in [1.807, 2.05) is 18.3 Å². The van der Waals surface area contributed by atoms with Crippen molar-refractivity contribution in [3.05, 3.63) is 74.9 Å². The third kappa shape index (κ3) is 4.21. The Kier molecular flexibility index (Phi) is 5.42. The van der Waals surface area contributed by atoms with Crippen molar-refractivity contribution in [2.45, 2.75) is 13.0 Å². The Morgan fingerprint density at radius 1 is 1.28 bits per heavy atom. The molecule has 0 aromatic carbocycles. The van der Waals surface area contributed by atoms with E-state index in [2.05, 4.69) is 31.2 Å². The highest BCUT2D eigenvalue weighted by Gasteiger charge is 2.15. The van der Waals surface area contributed by atoms with Gasteiger partial charge in [-0.25, -0.2) is 0 Å². The Morgan fingerprint density at radius 3 is 2.83 bits per heavy atom. The summed E-state index contributed by atoms with van der Waals surface area (Å²) in [7, 11) is 1.59. The first kappa shape index (κ1) is 19.3. The molecule has 1 amide bonds. The van der Waals surface area contributed by atoms with Crippen LogP contribution in [0.25, 0.3) is 16.6 Å². The smallest absolute Gasteiger partial charge is 0.269 e. The molecule has 3 aromatic heterocycles. The number of hydrogen-bond acceptors (Lipinski definition) is 5. The van der Waals surface area contributed by atoms with Crippen molar-refractivity contribution in [1.29, 1.82) is 0 Å². The lowest BCUT2D eigenvalue weighted by atomic mass is 10.0. The molecule has 1 aliphatic heterocycles. The maximum Gasteiger partial charge on any atom is 0.269 e. The summed E-state index contributed by atoms with van der Waals surface area (Å²) in [6.07, 6.45) is 6.66. The normalized spacial score (nSPS) is 14.6. The molecule has 0 saturated heterocycles. The molecule has 4 rings (SSSR count). The summed E-state index contributed by atoms with van der Waals surface area (Å²) in [6.45, 7) is 2.45. The van der Waals surface area contributed by atoms with Gasteiger partial charge in [0, 0.05) is 39.1 Å². The van der Waals surface area contributed by atoms with Gasteiger partial charge in [-0.05, 0) is 41.3 Å². The summed E-state index contributed by atoms with van der Waals surface area (Å²) < 4.78 is 0. The summed E-state index contributed by atoms with van der Waals surface area (Å²) in [5.74, 6) is -0.187. The average Bonchev–Trinajstić information content (AvgIpc) is 2.75. The number of pyridine rings is 3. The van der Waals surface area contributed by atoms with Gasteiger partial charge in [0.15, 0.2) is 0 Å². The zero-order valence-electron chi connectivity index (χ0n) is 15.9. The minimum atomic E-state index is -0.306. The van der Waals surface area contributed by atoms with Crippen LogP contribution in [0.5, 0.6) is 0 Å². The van der Waals surface area contributed by atoms with Gasteiger partial charge in [-0.15, -0.1) is 0 Å². The monoisotopic (exact) mass is 409 g/mol. The molecule has 0 fully saturated rings. The number of aromatic amines is 1. The first-order valence-corrected chi connectivity index (χ1v) is 9.68. The summed E-state index contributed by atoms with van der Waals surface area (Å²) in [6, 6.07) is 7.21. The van der Waals surface area contributed by atoms with E-state index in [-0.39, 0.29) is 16.5 Å². The topological polar surface area (TPSA) is 91.0 Å². The first-order valence-electron chi connectivity index (χ1n) is 9.31. The van der Waals surface area contributed by atoms with Crippen LogP contribution in [0.1, 0.15) is 28.0 Å². The van der Waals surface area contributed by atoms with E-state index < -0.39 is 0 Å². The molecule has 2 N–H and O–H groups in total. The average molecular weight is 410 g/mol. The molecule has 0 unspecified atom stereocenters. The van der Waals surface area contributed by atoms with Crippen LogP contribution in [0.4, 0.5) is 0 Å². The van der Waals surface area contributed by atoms with Crippen LogP contribution in [-0.4, -0.2) is 45.9 Å². The number of carbonyl (C=O) groups is 1. The van der Waals surface area contributed by atoms with E-state index >= 15 is 0 Å². The minimum Gasteiger partial charge on any atom is -0.354 e. The molecule has 7 nitrogen and oxygen atoms in total. The fourth-order valence-electron chi connectivity index (χ4n) is 3.41. The molecule has 3 aromatic rings. The summed E-state index contributed by atoms with van der Waals surface area (Å²) >= 11 is 5.86.